The minimum absolute atomic E-state index is 0.234. The number of carboxylic acids is 1. The predicted molar refractivity (Wildman–Crippen MR) is 130 cm³/mol. The number of hydrogen-bond donors (Lipinski definition) is 2. The van der Waals surface area contributed by atoms with Crippen LogP contribution >= 0.6 is 11.6 Å². The Hall–Kier alpha value is -3.19. The van der Waals surface area contributed by atoms with Gasteiger partial charge in [-0.15, -0.1) is 0 Å². The number of carbonyl (C=O) groups is 2. The quantitative estimate of drug-likeness (QED) is 0.444. The second-order valence-electron chi connectivity index (χ2n) is 8.87. The van der Waals surface area contributed by atoms with Gasteiger partial charge in [0.2, 0.25) is 0 Å². The molecule has 0 saturated heterocycles. The van der Waals surface area contributed by atoms with E-state index in [4.69, 9.17) is 22.1 Å². The first-order valence-electron chi connectivity index (χ1n) is 10.9. The van der Waals surface area contributed by atoms with Crippen LogP contribution < -0.4 is 10.5 Å². The van der Waals surface area contributed by atoms with E-state index in [-0.39, 0.29) is 5.92 Å². The Morgan fingerprint density at radius 1 is 1.18 bits per heavy atom. The normalized spacial score (nSPS) is 12.5. The number of aromatic nitrogens is 1. The average molecular weight is 472 g/mol. The van der Waals surface area contributed by atoms with Gasteiger partial charge in [0.1, 0.15) is 5.75 Å². The number of nitrogens with two attached hydrogens (primary N) is 1. The molecular formula is C25H30ClN3O4. The molecule has 0 spiro atoms. The highest BCUT2D eigenvalue weighted by Gasteiger charge is 2.29. The number of nitrogens with zero attached hydrogens (tertiary/aromatic N) is 2. The Labute approximate surface area is 198 Å². The van der Waals surface area contributed by atoms with E-state index in [2.05, 4.69) is 6.92 Å². The molecule has 1 atom stereocenters. The number of benzene rings is 2. The molecule has 1 unspecified atom stereocenters. The fourth-order valence-corrected chi connectivity index (χ4v) is 3.88. The maximum Gasteiger partial charge on any atom is 0.347 e. The van der Waals surface area contributed by atoms with Crippen LogP contribution in [0.3, 0.4) is 0 Å². The molecule has 0 aliphatic carbocycles. The highest BCUT2D eigenvalue weighted by atomic mass is 35.5. The van der Waals surface area contributed by atoms with Crippen LogP contribution in [0.1, 0.15) is 26.3 Å². The topological polar surface area (TPSA) is 97.8 Å². The minimum atomic E-state index is -1.32. The second-order valence-corrected chi connectivity index (χ2v) is 9.30. The first-order chi connectivity index (χ1) is 15.5. The highest BCUT2D eigenvalue weighted by Crippen LogP contribution is 2.25. The molecule has 2 aromatic carbocycles. The van der Waals surface area contributed by atoms with E-state index in [0.717, 1.165) is 22.9 Å². The number of fused-ring (bicyclic) bond motifs is 1. The van der Waals surface area contributed by atoms with Crippen molar-refractivity contribution >= 4 is 34.5 Å². The van der Waals surface area contributed by atoms with Gasteiger partial charge in [-0.05, 0) is 68.1 Å². The first-order valence-corrected chi connectivity index (χ1v) is 11.2. The predicted octanol–water partition coefficient (Wildman–Crippen LogP) is 4.80. The van der Waals surface area contributed by atoms with Crippen molar-refractivity contribution in [3.8, 4) is 5.75 Å². The lowest BCUT2D eigenvalue weighted by molar-refractivity contribution is -0.152. The Bertz CT molecular complexity index is 1120. The molecule has 1 heterocycles. The summed E-state index contributed by atoms with van der Waals surface area (Å²) in [6.45, 7) is 6.73. The first kappa shape index (κ1) is 24.5. The molecule has 0 aliphatic rings. The monoisotopic (exact) mass is 471 g/mol. The lowest BCUT2D eigenvalue weighted by Gasteiger charge is -2.25. The molecule has 0 fully saturated rings. The smallest absolute Gasteiger partial charge is 0.347 e. The Morgan fingerprint density at radius 3 is 2.52 bits per heavy atom. The van der Waals surface area contributed by atoms with Crippen molar-refractivity contribution in [1.82, 2.24) is 9.47 Å². The molecule has 3 N–H and O–H groups in total. The Morgan fingerprint density at radius 2 is 1.88 bits per heavy atom. The lowest BCUT2D eigenvalue weighted by Crippen LogP contribution is -2.41. The van der Waals surface area contributed by atoms with Gasteiger partial charge in [-0.2, -0.15) is 0 Å². The summed E-state index contributed by atoms with van der Waals surface area (Å²) in [5.74, 6) is -0.309. The lowest BCUT2D eigenvalue weighted by atomic mass is 10.0. The number of carboxylic acid groups (broad SMARTS) is 1. The van der Waals surface area contributed by atoms with Crippen LogP contribution in [-0.4, -0.2) is 45.3 Å². The molecule has 0 bridgehead atoms. The number of urea groups is 1. The summed E-state index contributed by atoms with van der Waals surface area (Å²) < 4.78 is 7.67. The number of hydrogen-bond acceptors (Lipinski definition) is 3. The van der Waals surface area contributed by atoms with Crippen molar-refractivity contribution in [2.24, 2.45) is 11.7 Å². The molecule has 0 radical (unpaired) electrons. The summed E-state index contributed by atoms with van der Waals surface area (Å²) in [6.07, 6.45) is 2.76. The third-order valence-electron chi connectivity index (χ3n) is 5.58. The van der Waals surface area contributed by atoms with Gasteiger partial charge in [-0.1, -0.05) is 30.7 Å². The zero-order chi connectivity index (χ0) is 24.2. The SMILES string of the molecule is CC(Cc1ccc(Cl)cc1)CN(CCn1ccc2cc(OC(C)(C)C(=O)O)ccc21)C(N)=O. The molecule has 3 aromatic rings. The molecule has 33 heavy (non-hydrogen) atoms. The molecule has 8 heteroatoms. The summed E-state index contributed by atoms with van der Waals surface area (Å²) in [5, 5.41) is 10.9. The maximum absolute atomic E-state index is 12.0. The van der Waals surface area contributed by atoms with Gasteiger partial charge in [-0.3, -0.25) is 0 Å². The van der Waals surface area contributed by atoms with Crippen LogP contribution in [0.25, 0.3) is 10.9 Å². The van der Waals surface area contributed by atoms with Gasteiger partial charge in [0.05, 0.1) is 0 Å². The van der Waals surface area contributed by atoms with E-state index < -0.39 is 17.6 Å². The number of ether oxygens (including phenoxy) is 1. The van der Waals surface area contributed by atoms with Gasteiger partial charge in [0, 0.05) is 41.8 Å². The van der Waals surface area contributed by atoms with E-state index >= 15 is 0 Å². The number of amides is 2. The summed E-state index contributed by atoms with van der Waals surface area (Å²) in [7, 11) is 0. The van der Waals surface area contributed by atoms with Gasteiger partial charge in [0.15, 0.2) is 5.60 Å². The van der Waals surface area contributed by atoms with Gasteiger partial charge < -0.3 is 25.0 Å². The number of rotatable bonds is 10. The average Bonchev–Trinajstić information content (AvgIpc) is 3.14. The van der Waals surface area contributed by atoms with Gasteiger partial charge >= 0.3 is 12.0 Å². The zero-order valence-corrected chi connectivity index (χ0v) is 19.9. The number of halogens is 1. The molecular weight excluding hydrogens is 442 g/mol. The molecule has 0 saturated carbocycles. The van der Waals surface area contributed by atoms with Crippen molar-refractivity contribution in [2.45, 2.75) is 39.3 Å². The van der Waals surface area contributed by atoms with Crippen LogP contribution in [0.5, 0.6) is 5.75 Å². The molecule has 2 amide bonds. The molecule has 176 valence electrons. The van der Waals surface area contributed by atoms with Crippen LogP contribution in [-0.2, 0) is 17.8 Å². The van der Waals surface area contributed by atoms with E-state index in [0.29, 0.717) is 30.4 Å². The summed E-state index contributed by atoms with van der Waals surface area (Å²) in [4.78, 5) is 25.0. The summed E-state index contributed by atoms with van der Waals surface area (Å²) in [5.41, 5.74) is 6.46. The fourth-order valence-electron chi connectivity index (χ4n) is 3.76. The highest BCUT2D eigenvalue weighted by molar-refractivity contribution is 6.30. The standard InChI is InChI=1S/C25H30ClN3O4/c1-17(14-18-4-6-20(26)7-5-18)16-29(24(27)32)13-12-28-11-10-19-15-21(8-9-22(19)28)33-25(2,3)23(30)31/h4-11,15,17H,12-14,16H2,1-3H3,(H2,27,32)(H,30,31). The van der Waals surface area contributed by atoms with E-state index in [1.807, 2.05) is 53.2 Å². The van der Waals surface area contributed by atoms with Crippen LogP contribution in [0.15, 0.2) is 54.7 Å². The summed E-state index contributed by atoms with van der Waals surface area (Å²) >= 11 is 5.95. The summed E-state index contributed by atoms with van der Waals surface area (Å²) in [6, 6.07) is 14.7. The number of carbonyl (C=O) groups excluding carboxylic acids is 1. The third kappa shape index (κ3) is 6.42. The maximum atomic E-state index is 12.0. The zero-order valence-electron chi connectivity index (χ0n) is 19.1. The third-order valence-corrected chi connectivity index (χ3v) is 5.83. The van der Waals surface area contributed by atoms with Crippen LogP contribution in [0.4, 0.5) is 4.79 Å². The van der Waals surface area contributed by atoms with Crippen LogP contribution in [0, 0.1) is 5.92 Å². The Balaban J connectivity index is 1.63. The van der Waals surface area contributed by atoms with E-state index in [9.17, 15) is 14.7 Å². The Kier molecular flexibility index (Phi) is 7.53. The van der Waals surface area contributed by atoms with Gasteiger partial charge in [-0.25, -0.2) is 9.59 Å². The molecule has 7 nitrogen and oxygen atoms in total. The van der Waals surface area contributed by atoms with Crippen molar-refractivity contribution in [2.75, 3.05) is 13.1 Å². The molecule has 1 aromatic heterocycles. The molecule has 0 aliphatic heterocycles. The van der Waals surface area contributed by atoms with Crippen molar-refractivity contribution in [3.63, 3.8) is 0 Å². The van der Waals surface area contributed by atoms with Crippen LogP contribution in [0.2, 0.25) is 5.02 Å². The number of aliphatic carboxylic acids is 1. The fraction of sp³-hybridized carbons (Fsp3) is 0.360. The van der Waals surface area contributed by atoms with Crippen molar-refractivity contribution in [1.29, 1.82) is 0 Å². The second kappa shape index (κ2) is 10.2. The van der Waals surface area contributed by atoms with Gasteiger partial charge in [0.25, 0.3) is 0 Å². The van der Waals surface area contributed by atoms with Crippen molar-refractivity contribution in [3.05, 3.63) is 65.3 Å². The molecule has 3 rings (SSSR count). The number of primary amides is 1. The van der Waals surface area contributed by atoms with E-state index in [1.54, 1.807) is 11.0 Å². The largest absolute Gasteiger partial charge is 0.478 e. The van der Waals surface area contributed by atoms with Crippen molar-refractivity contribution < 1.29 is 19.4 Å². The minimum Gasteiger partial charge on any atom is -0.478 e. The van der Waals surface area contributed by atoms with E-state index in [1.165, 1.54) is 13.8 Å².